The van der Waals surface area contributed by atoms with Crippen LogP contribution in [-0.2, 0) is 14.4 Å². The number of benzene rings is 1. The van der Waals surface area contributed by atoms with E-state index in [2.05, 4.69) is 10.7 Å². The van der Waals surface area contributed by atoms with Gasteiger partial charge in [-0.3, -0.25) is 10.2 Å². The van der Waals surface area contributed by atoms with Gasteiger partial charge in [0.25, 0.3) is 0 Å². The molecule has 1 amide bonds. The Balaban J connectivity index is 2.25. The molecule has 0 aliphatic carbocycles. The predicted octanol–water partition coefficient (Wildman–Crippen LogP) is 0.883. The zero-order valence-electron chi connectivity index (χ0n) is 15.4. The van der Waals surface area contributed by atoms with Crippen molar-refractivity contribution in [2.24, 2.45) is 0 Å². The molecule has 9 heteroatoms. The number of nitrogens with zero attached hydrogens (tertiary/aromatic N) is 1. The van der Waals surface area contributed by atoms with Crippen LogP contribution in [0, 0.1) is 0 Å². The van der Waals surface area contributed by atoms with Gasteiger partial charge in [0, 0.05) is 12.2 Å². The Morgan fingerprint density at radius 2 is 2.00 bits per heavy atom. The van der Waals surface area contributed by atoms with E-state index in [9.17, 15) is 9.90 Å². The standard InChI is InChI=1S/C18H23N3O6/c1-4-26-11-12-17(16-13(24-2)6-5-7-14(16)25-3)18(23,10-15(22)20-12)21-19-8-9-27-21/h5-9,19,23H,4,10-11H2,1-3H3,(H,20,22). The summed E-state index contributed by atoms with van der Waals surface area (Å²) < 4.78 is 16.5. The third kappa shape index (κ3) is 3.44. The van der Waals surface area contributed by atoms with Crippen LogP contribution in [0.15, 0.2) is 36.4 Å². The van der Waals surface area contributed by atoms with Crippen LogP contribution in [0.2, 0.25) is 0 Å². The lowest BCUT2D eigenvalue weighted by molar-refractivity contribution is -0.250. The number of amides is 1. The second kappa shape index (κ2) is 7.87. The molecule has 27 heavy (non-hydrogen) atoms. The Kier molecular flexibility index (Phi) is 5.54. The lowest BCUT2D eigenvalue weighted by Gasteiger charge is -2.40. The second-order valence-electron chi connectivity index (χ2n) is 5.90. The maximum atomic E-state index is 12.3. The van der Waals surface area contributed by atoms with E-state index in [0.29, 0.717) is 34.9 Å². The highest BCUT2D eigenvalue weighted by Crippen LogP contribution is 2.45. The first kappa shape index (κ1) is 19.0. The highest BCUT2D eigenvalue weighted by atomic mass is 16.7. The number of carbonyl (C=O) groups is 1. The molecule has 0 spiro atoms. The molecule has 0 saturated heterocycles. The van der Waals surface area contributed by atoms with Crippen LogP contribution < -0.4 is 20.2 Å². The van der Waals surface area contributed by atoms with Gasteiger partial charge in [0.15, 0.2) is 0 Å². The lowest BCUT2D eigenvalue weighted by Crippen LogP contribution is -2.58. The van der Waals surface area contributed by atoms with Gasteiger partial charge >= 0.3 is 0 Å². The van der Waals surface area contributed by atoms with Crippen LogP contribution in [0.4, 0.5) is 0 Å². The minimum Gasteiger partial charge on any atom is -0.496 e. The molecular formula is C18H23N3O6. The number of methoxy groups -OCH3 is 2. The molecular weight excluding hydrogens is 354 g/mol. The summed E-state index contributed by atoms with van der Waals surface area (Å²) in [4.78, 5) is 17.7. The van der Waals surface area contributed by atoms with Crippen LogP contribution in [0.5, 0.6) is 11.5 Å². The van der Waals surface area contributed by atoms with Crippen molar-refractivity contribution in [2.45, 2.75) is 19.1 Å². The molecule has 3 N–H and O–H groups in total. The van der Waals surface area contributed by atoms with Crippen LogP contribution in [0.1, 0.15) is 18.9 Å². The summed E-state index contributed by atoms with van der Waals surface area (Å²) in [6.07, 6.45) is 2.60. The molecule has 0 saturated carbocycles. The quantitative estimate of drug-likeness (QED) is 0.644. The molecule has 0 fully saturated rings. The van der Waals surface area contributed by atoms with Crippen LogP contribution >= 0.6 is 0 Å². The first-order chi connectivity index (χ1) is 13.0. The maximum Gasteiger partial charge on any atom is 0.229 e. The predicted molar refractivity (Wildman–Crippen MR) is 95.9 cm³/mol. The van der Waals surface area contributed by atoms with E-state index >= 15 is 0 Å². The van der Waals surface area contributed by atoms with E-state index in [0.717, 1.165) is 5.17 Å². The van der Waals surface area contributed by atoms with Crippen molar-refractivity contribution in [1.29, 1.82) is 0 Å². The molecule has 9 nitrogen and oxygen atoms in total. The molecule has 3 rings (SSSR count). The number of carbonyl (C=O) groups excluding carboxylic acids is 1. The van der Waals surface area contributed by atoms with Crippen molar-refractivity contribution in [3.8, 4) is 11.5 Å². The molecule has 2 aliphatic heterocycles. The summed E-state index contributed by atoms with van der Waals surface area (Å²) in [7, 11) is 3.04. The third-order valence-electron chi connectivity index (χ3n) is 4.29. The fraction of sp³-hybridized carbons (Fsp3) is 0.389. The normalized spacial score (nSPS) is 22.3. The highest BCUT2D eigenvalue weighted by Gasteiger charge is 2.50. The number of nitrogens with one attached hydrogen (secondary N) is 2. The van der Waals surface area contributed by atoms with Crippen molar-refractivity contribution in [3.63, 3.8) is 0 Å². The van der Waals surface area contributed by atoms with E-state index < -0.39 is 5.72 Å². The molecule has 0 bridgehead atoms. The molecule has 1 aromatic carbocycles. The first-order valence-corrected chi connectivity index (χ1v) is 8.48. The smallest absolute Gasteiger partial charge is 0.229 e. The number of rotatable bonds is 7. The van der Waals surface area contributed by atoms with Crippen molar-refractivity contribution < 1.29 is 28.9 Å². The van der Waals surface area contributed by atoms with Gasteiger partial charge in [-0.2, -0.15) is 0 Å². The van der Waals surface area contributed by atoms with Gasteiger partial charge in [-0.25, -0.2) is 0 Å². The number of aliphatic hydroxyl groups is 1. The summed E-state index contributed by atoms with van der Waals surface area (Å²) in [6.45, 7) is 2.37. The summed E-state index contributed by atoms with van der Waals surface area (Å²) in [5.41, 5.74) is 2.21. The van der Waals surface area contributed by atoms with Gasteiger partial charge in [-0.05, 0) is 24.2 Å². The molecule has 0 radical (unpaired) electrons. The Bertz CT molecular complexity index is 748. The van der Waals surface area contributed by atoms with Gasteiger partial charge in [-0.15, -0.1) is 0 Å². The van der Waals surface area contributed by atoms with Crippen LogP contribution in [-0.4, -0.2) is 49.3 Å². The van der Waals surface area contributed by atoms with Gasteiger partial charge in [0.05, 0.1) is 44.7 Å². The average Bonchev–Trinajstić information content (AvgIpc) is 3.21. The number of ether oxygens (including phenoxy) is 3. The first-order valence-electron chi connectivity index (χ1n) is 8.48. The minimum absolute atomic E-state index is 0.0857. The summed E-state index contributed by atoms with van der Waals surface area (Å²) >= 11 is 0. The van der Waals surface area contributed by atoms with Gasteiger partial charge in [0.2, 0.25) is 11.6 Å². The van der Waals surface area contributed by atoms with E-state index in [1.54, 1.807) is 18.2 Å². The molecule has 1 unspecified atom stereocenters. The van der Waals surface area contributed by atoms with E-state index in [4.69, 9.17) is 19.0 Å². The lowest BCUT2D eigenvalue weighted by atomic mass is 9.86. The van der Waals surface area contributed by atoms with Crippen molar-refractivity contribution in [1.82, 2.24) is 15.9 Å². The number of hydrazine groups is 1. The highest BCUT2D eigenvalue weighted by molar-refractivity contribution is 5.93. The van der Waals surface area contributed by atoms with Crippen molar-refractivity contribution >= 4 is 11.5 Å². The summed E-state index contributed by atoms with van der Waals surface area (Å²) in [6, 6.07) is 5.27. The Morgan fingerprint density at radius 1 is 1.30 bits per heavy atom. The molecule has 1 aromatic rings. The number of hydrogen-bond acceptors (Lipinski definition) is 8. The van der Waals surface area contributed by atoms with Crippen LogP contribution in [0.25, 0.3) is 5.57 Å². The molecule has 146 valence electrons. The monoisotopic (exact) mass is 377 g/mol. The van der Waals surface area contributed by atoms with Gasteiger partial charge in [0.1, 0.15) is 17.8 Å². The molecule has 0 aromatic heterocycles. The average molecular weight is 377 g/mol. The summed E-state index contributed by atoms with van der Waals surface area (Å²) in [5, 5.41) is 15.5. The fourth-order valence-electron chi connectivity index (χ4n) is 3.18. The SMILES string of the molecule is CCOCC1=C(c2c(OC)cccc2OC)C(O)(N2NC=CO2)CC(=O)N1. The molecule has 1 atom stereocenters. The zero-order chi connectivity index (χ0) is 19.4. The number of hydroxylamine groups is 1. The molecule has 2 aliphatic rings. The van der Waals surface area contributed by atoms with E-state index in [1.165, 1.54) is 26.7 Å². The van der Waals surface area contributed by atoms with E-state index in [-0.39, 0.29) is 18.9 Å². The summed E-state index contributed by atoms with van der Waals surface area (Å²) in [5.74, 6) is 0.572. The minimum atomic E-state index is -1.83. The van der Waals surface area contributed by atoms with Crippen LogP contribution in [0.3, 0.4) is 0 Å². The molecule has 2 heterocycles. The Labute approximate surface area is 157 Å². The van der Waals surface area contributed by atoms with Crippen molar-refractivity contribution in [2.75, 3.05) is 27.4 Å². The topological polar surface area (TPSA) is 102 Å². The van der Waals surface area contributed by atoms with E-state index in [1.807, 2.05) is 6.92 Å². The Hall–Kier alpha value is -2.75. The maximum absolute atomic E-state index is 12.3. The largest absolute Gasteiger partial charge is 0.496 e. The fourth-order valence-corrected chi connectivity index (χ4v) is 3.18. The third-order valence-corrected chi connectivity index (χ3v) is 4.29. The number of hydrogen-bond donors (Lipinski definition) is 3. The second-order valence-corrected chi connectivity index (χ2v) is 5.90. The van der Waals surface area contributed by atoms with Crippen molar-refractivity contribution in [3.05, 3.63) is 41.9 Å². The van der Waals surface area contributed by atoms with Gasteiger partial charge < -0.3 is 29.5 Å². The van der Waals surface area contributed by atoms with Gasteiger partial charge in [-0.1, -0.05) is 6.07 Å². The Morgan fingerprint density at radius 3 is 2.56 bits per heavy atom. The zero-order valence-corrected chi connectivity index (χ0v) is 15.4.